The SMILES string of the molecule is C[CH-]F.Fc1cccc(Cl)c1.[CH-]=CC(=C)C1=C(CC)N(CCNC)C(C(=C)S/C=C\C)=NC1.[K+]. The van der Waals surface area contributed by atoms with Crippen molar-refractivity contribution in [1.29, 1.82) is 0 Å². The molecule has 0 saturated heterocycles. The van der Waals surface area contributed by atoms with Crippen molar-refractivity contribution >= 4 is 29.2 Å². The van der Waals surface area contributed by atoms with Gasteiger partial charge in [0, 0.05) is 28.7 Å². The molecule has 0 fully saturated rings. The normalized spacial score (nSPS) is 12.6. The summed E-state index contributed by atoms with van der Waals surface area (Å²) in [7, 11) is 1.95. The molecule has 1 aromatic carbocycles. The maximum Gasteiger partial charge on any atom is 1.00 e. The summed E-state index contributed by atoms with van der Waals surface area (Å²) in [6.45, 7) is 22.2. The van der Waals surface area contributed by atoms with Crippen LogP contribution >= 0.6 is 23.4 Å². The van der Waals surface area contributed by atoms with Gasteiger partial charge in [-0.1, -0.05) is 54.6 Å². The second-order valence-corrected chi connectivity index (χ2v) is 7.97. The first-order valence-corrected chi connectivity index (χ1v) is 11.8. The summed E-state index contributed by atoms with van der Waals surface area (Å²) in [6.07, 6.45) is 4.47. The molecule has 0 radical (unpaired) electrons. The van der Waals surface area contributed by atoms with E-state index in [0.29, 0.717) is 18.2 Å². The van der Waals surface area contributed by atoms with E-state index in [2.05, 4.69) is 30.3 Å². The van der Waals surface area contributed by atoms with Gasteiger partial charge in [0.05, 0.1) is 6.54 Å². The fourth-order valence-corrected chi connectivity index (χ4v) is 3.54. The summed E-state index contributed by atoms with van der Waals surface area (Å²) in [5.41, 5.74) is 3.20. The van der Waals surface area contributed by atoms with E-state index in [4.69, 9.17) is 23.2 Å². The third-order valence-corrected chi connectivity index (χ3v) is 5.32. The fourth-order valence-electron chi connectivity index (χ4n) is 2.78. The van der Waals surface area contributed by atoms with Gasteiger partial charge in [0.2, 0.25) is 0 Å². The molecule has 1 heterocycles. The molecule has 182 valence electrons. The molecule has 1 N–H and O–H groups in total. The molecule has 0 atom stereocenters. The summed E-state index contributed by atoms with van der Waals surface area (Å²) in [4.78, 5) is 7.93. The minimum Gasteiger partial charge on any atom is -0.460 e. The first-order chi connectivity index (χ1) is 15.8. The summed E-state index contributed by atoms with van der Waals surface area (Å²) in [6, 6.07) is 5.82. The maximum absolute atomic E-state index is 12.1. The topological polar surface area (TPSA) is 27.6 Å². The van der Waals surface area contributed by atoms with Gasteiger partial charge < -0.3 is 14.6 Å². The third kappa shape index (κ3) is 13.5. The van der Waals surface area contributed by atoms with Crippen LogP contribution in [0.25, 0.3) is 0 Å². The number of hydrogen-bond donors (Lipinski definition) is 1. The molecule has 0 saturated carbocycles. The van der Waals surface area contributed by atoms with Gasteiger partial charge in [-0.05, 0) is 44.0 Å². The van der Waals surface area contributed by atoms with E-state index >= 15 is 0 Å². The quantitative estimate of drug-likeness (QED) is 0.288. The Bertz CT molecular complexity index is 852. The smallest absolute Gasteiger partial charge is 0.460 e. The van der Waals surface area contributed by atoms with Crippen LogP contribution in [0.3, 0.4) is 0 Å². The predicted octanol–water partition coefficient (Wildman–Crippen LogP) is 4.53. The molecule has 0 bridgehead atoms. The molecule has 8 heteroatoms. The van der Waals surface area contributed by atoms with Crippen molar-refractivity contribution < 1.29 is 60.2 Å². The zero-order valence-corrected chi connectivity index (χ0v) is 25.6. The van der Waals surface area contributed by atoms with Gasteiger partial charge >= 0.3 is 51.4 Å². The Morgan fingerprint density at radius 1 is 1.41 bits per heavy atom. The molecule has 1 aromatic rings. The number of thioether (sulfide) groups is 1. The first-order valence-electron chi connectivity index (χ1n) is 10.5. The Balaban J connectivity index is 0. The monoisotopic (exact) mass is 532 g/mol. The van der Waals surface area contributed by atoms with E-state index in [1.807, 2.05) is 25.5 Å². The average Bonchev–Trinajstić information content (AvgIpc) is 2.80. The van der Waals surface area contributed by atoms with E-state index < -0.39 is 0 Å². The minimum absolute atomic E-state index is 0. The molecular formula is C26H34ClF2KN3S-. The number of aliphatic imine (C=N–C) groups is 1. The fraction of sp³-hybridized carbons (Fsp3) is 0.308. The summed E-state index contributed by atoms with van der Waals surface area (Å²) in [5, 5.41) is 5.66. The largest absolute Gasteiger partial charge is 1.00 e. The van der Waals surface area contributed by atoms with Crippen molar-refractivity contribution in [2.75, 3.05) is 26.7 Å². The number of amidine groups is 1. The van der Waals surface area contributed by atoms with Crippen molar-refractivity contribution in [2.45, 2.75) is 27.2 Å². The number of halogens is 3. The maximum atomic E-state index is 12.1. The molecule has 0 aromatic heterocycles. The predicted molar refractivity (Wildman–Crippen MR) is 142 cm³/mol. The van der Waals surface area contributed by atoms with Crippen molar-refractivity contribution in [2.24, 2.45) is 4.99 Å². The van der Waals surface area contributed by atoms with Crippen LogP contribution in [-0.2, 0) is 0 Å². The molecule has 1 aliphatic heterocycles. The van der Waals surface area contributed by atoms with E-state index in [1.165, 1.54) is 24.8 Å². The Morgan fingerprint density at radius 2 is 2.06 bits per heavy atom. The van der Waals surface area contributed by atoms with Gasteiger partial charge in [0.1, 0.15) is 11.7 Å². The Morgan fingerprint density at radius 3 is 2.50 bits per heavy atom. The van der Waals surface area contributed by atoms with E-state index in [-0.39, 0.29) is 57.2 Å². The van der Waals surface area contributed by atoms with E-state index in [0.717, 1.165) is 41.4 Å². The Kier molecular flexibility index (Phi) is 22.8. The molecule has 2 rings (SSSR count). The minimum atomic E-state index is -0.294. The molecule has 0 unspecified atom stereocenters. The van der Waals surface area contributed by atoms with E-state index in [1.54, 1.807) is 30.0 Å². The van der Waals surface area contributed by atoms with Crippen LogP contribution in [-0.4, -0.2) is 37.4 Å². The van der Waals surface area contributed by atoms with Gasteiger partial charge in [-0.3, -0.25) is 11.6 Å². The molecular weight excluding hydrogens is 499 g/mol. The Hall–Kier alpha value is -0.514. The molecule has 0 spiro atoms. The van der Waals surface area contributed by atoms with Crippen LogP contribution in [0.1, 0.15) is 27.2 Å². The van der Waals surface area contributed by atoms with Crippen LogP contribution in [0.5, 0.6) is 0 Å². The van der Waals surface area contributed by atoms with Crippen molar-refractivity contribution in [3.63, 3.8) is 0 Å². The standard InChI is InChI=1S/C18H26N3S.C6H4ClF.C2H4F.K/c1-7-12-22-15(5)18-20-13-16(14(4)8-2)17(9-3)21(18)11-10-19-6;7-5-2-1-3-6(8)4-5;1-2-3;/h2,7-8,12,19H,4-5,9-11,13H2,1,3,6H3;1-4H;2H,1H3;/q-1;;-1;+1/b12-7-;;;. The number of nitrogens with one attached hydrogen (secondary N) is 1. The van der Waals surface area contributed by atoms with Crippen LogP contribution < -0.4 is 56.7 Å². The van der Waals surface area contributed by atoms with Crippen molar-refractivity contribution in [3.8, 4) is 0 Å². The zero-order chi connectivity index (χ0) is 25.2. The van der Waals surface area contributed by atoms with Gasteiger partial charge in [-0.2, -0.15) is 25.8 Å². The second kappa shape index (κ2) is 21.7. The van der Waals surface area contributed by atoms with Crippen LogP contribution in [0, 0.1) is 19.1 Å². The van der Waals surface area contributed by atoms with Gasteiger partial charge in [0.25, 0.3) is 0 Å². The van der Waals surface area contributed by atoms with Gasteiger partial charge in [0.15, 0.2) is 0 Å². The molecule has 0 amide bonds. The van der Waals surface area contributed by atoms with Crippen molar-refractivity contribution in [1.82, 2.24) is 10.2 Å². The number of nitrogens with zero attached hydrogens (tertiary/aromatic N) is 2. The number of rotatable bonds is 9. The number of hydrogen-bond acceptors (Lipinski definition) is 4. The third-order valence-electron chi connectivity index (χ3n) is 4.21. The summed E-state index contributed by atoms with van der Waals surface area (Å²) < 4.78 is 22.2. The van der Waals surface area contributed by atoms with Crippen LogP contribution in [0.15, 0.2) is 81.7 Å². The molecule has 34 heavy (non-hydrogen) atoms. The van der Waals surface area contributed by atoms with Gasteiger partial charge in [-0.15, -0.1) is 0 Å². The number of likely N-dealkylation sites (N-methyl/N-ethyl adjacent to an activating group) is 1. The van der Waals surface area contributed by atoms with Crippen molar-refractivity contribution in [3.05, 3.63) is 101 Å². The van der Waals surface area contributed by atoms with Crippen LogP contribution in [0.4, 0.5) is 8.78 Å². The van der Waals surface area contributed by atoms with E-state index in [9.17, 15) is 8.78 Å². The average molecular weight is 533 g/mol. The summed E-state index contributed by atoms with van der Waals surface area (Å²) in [5.74, 6) is 0.654. The molecule has 1 aliphatic rings. The second-order valence-electron chi connectivity index (χ2n) is 6.53. The summed E-state index contributed by atoms with van der Waals surface area (Å²) >= 11 is 7.01. The number of benzene rings is 1. The van der Waals surface area contributed by atoms with Crippen LogP contribution in [0.2, 0.25) is 5.02 Å². The molecule has 3 nitrogen and oxygen atoms in total. The molecule has 0 aliphatic carbocycles. The van der Waals surface area contributed by atoms with Gasteiger partial charge in [-0.25, -0.2) is 10.5 Å². The zero-order valence-electron chi connectivity index (χ0n) is 20.9. The first kappa shape index (κ1) is 35.6. The Labute approximate surface area is 256 Å². The number of allylic oxidation sites excluding steroid dienone is 3.